The van der Waals surface area contributed by atoms with E-state index in [-0.39, 0.29) is 12.0 Å². The third kappa shape index (κ3) is 4.10. The van der Waals surface area contributed by atoms with Gasteiger partial charge in [0.1, 0.15) is 0 Å². The molecule has 0 aliphatic carbocycles. The summed E-state index contributed by atoms with van der Waals surface area (Å²) in [5.74, 6) is 0. The van der Waals surface area contributed by atoms with Crippen molar-refractivity contribution in [3.8, 4) is 0 Å². The minimum Gasteiger partial charge on any atom is -0.395 e. The first kappa shape index (κ1) is 7.25. The monoisotopic (exact) mass is 122 g/mol. The third-order valence-corrected chi connectivity index (χ3v) is 1.16. The zero-order valence-corrected chi connectivity index (χ0v) is 5.28. The number of aliphatic hydroxyl groups excluding tert-OH is 1. The molecule has 0 radical (unpaired) electrons. The van der Waals surface area contributed by atoms with Gasteiger partial charge in [-0.2, -0.15) is 0 Å². The van der Waals surface area contributed by atoms with Gasteiger partial charge in [0, 0.05) is 0 Å². The number of aliphatic hydroxyl groups is 1. The summed E-state index contributed by atoms with van der Waals surface area (Å²) < 4.78 is 0. The molecule has 0 aliphatic heterocycles. The van der Waals surface area contributed by atoms with Gasteiger partial charge in [-0.25, -0.2) is 0 Å². The predicted molar refractivity (Wildman–Crippen MR) is 31.6 cm³/mol. The summed E-state index contributed by atoms with van der Waals surface area (Å²) in [5.41, 5.74) is 0. The molecule has 7 heavy (non-hydrogen) atoms. The fourth-order valence-electron chi connectivity index (χ4n) is 0.405. The highest BCUT2D eigenvalue weighted by Crippen LogP contribution is 2.01. The van der Waals surface area contributed by atoms with E-state index in [4.69, 9.17) is 16.7 Å². The lowest BCUT2D eigenvalue weighted by molar-refractivity contribution is 0.287. The largest absolute Gasteiger partial charge is 0.395 e. The number of hydrogen-bond acceptors (Lipinski definition) is 1. The van der Waals surface area contributed by atoms with Crippen LogP contribution < -0.4 is 0 Å². The van der Waals surface area contributed by atoms with E-state index in [1.165, 1.54) is 0 Å². The number of hydrogen-bond donors (Lipinski definition) is 1. The van der Waals surface area contributed by atoms with Crippen LogP contribution in [0.2, 0.25) is 0 Å². The highest BCUT2D eigenvalue weighted by atomic mass is 35.5. The first-order chi connectivity index (χ1) is 3.31. The molecule has 44 valence electrons. The molecular formula is C5H11ClO. The predicted octanol–water partition coefficient (Wildman–Crippen LogP) is 1.39. The van der Waals surface area contributed by atoms with E-state index in [1.54, 1.807) is 0 Å². The Morgan fingerprint density at radius 1 is 1.71 bits per heavy atom. The molecule has 1 nitrogen and oxygen atoms in total. The maximum Gasteiger partial charge on any atom is 0.0595 e. The molecule has 0 bridgehead atoms. The maximum atomic E-state index is 8.33. The molecule has 0 aromatic rings. The molecule has 1 atom stereocenters. The summed E-state index contributed by atoms with van der Waals surface area (Å²) in [6.07, 6.45) is 1.97. The van der Waals surface area contributed by atoms with Crippen molar-refractivity contribution < 1.29 is 5.11 Å². The van der Waals surface area contributed by atoms with E-state index >= 15 is 0 Å². The van der Waals surface area contributed by atoms with Gasteiger partial charge in [-0.15, -0.1) is 11.6 Å². The van der Waals surface area contributed by atoms with Gasteiger partial charge in [0.05, 0.1) is 12.0 Å². The van der Waals surface area contributed by atoms with Crippen molar-refractivity contribution in [2.24, 2.45) is 0 Å². The smallest absolute Gasteiger partial charge is 0.0595 e. The first-order valence-corrected chi connectivity index (χ1v) is 2.99. The summed E-state index contributed by atoms with van der Waals surface area (Å²) in [4.78, 5) is 0. The Kier molecular flexibility index (Phi) is 4.57. The van der Waals surface area contributed by atoms with E-state index in [2.05, 4.69) is 0 Å². The Morgan fingerprint density at radius 2 is 2.29 bits per heavy atom. The summed E-state index contributed by atoms with van der Waals surface area (Å²) in [7, 11) is 0. The number of alkyl halides is 1. The van der Waals surface area contributed by atoms with Gasteiger partial charge in [-0.3, -0.25) is 0 Å². The molecule has 0 saturated carbocycles. The van der Waals surface area contributed by atoms with Crippen molar-refractivity contribution in [1.29, 1.82) is 0 Å². The lowest BCUT2D eigenvalue weighted by Gasteiger charge is -1.99. The van der Waals surface area contributed by atoms with Crippen LogP contribution >= 0.6 is 11.6 Å². The highest BCUT2D eigenvalue weighted by molar-refractivity contribution is 6.20. The van der Waals surface area contributed by atoms with Crippen LogP contribution in [0.5, 0.6) is 0 Å². The zero-order chi connectivity index (χ0) is 5.70. The summed E-state index contributed by atoms with van der Waals surface area (Å²) in [6.45, 7) is 2.15. The SMILES string of the molecule is CCC[C@H](Cl)CO. The van der Waals surface area contributed by atoms with Crippen LogP contribution in [-0.4, -0.2) is 17.1 Å². The lowest BCUT2D eigenvalue weighted by Crippen LogP contribution is -2.02. The third-order valence-electron chi connectivity index (χ3n) is 0.800. The Labute approximate surface area is 49.3 Å². The van der Waals surface area contributed by atoms with Crippen LogP contribution in [0, 0.1) is 0 Å². The van der Waals surface area contributed by atoms with E-state index < -0.39 is 0 Å². The zero-order valence-electron chi connectivity index (χ0n) is 4.52. The number of halogens is 1. The van der Waals surface area contributed by atoms with Crippen LogP contribution in [0.1, 0.15) is 19.8 Å². The van der Waals surface area contributed by atoms with E-state index in [1.807, 2.05) is 6.92 Å². The minimum atomic E-state index is -0.0231. The van der Waals surface area contributed by atoms with Crippen molar-refractivity contribution in [1.82, 2.24) is 0 Å². The molecule has 0 fully saturated rings. The molecule has 0 rings (SSSR count). The van der Waals surface area contributed by atoms with Crippen molar-refractivity contribution in [3.63, 3.8) is 0 Å². The standard InChI is InChI=1S/C5H11ClO/c1-2-3-5(6)4-7/h5,7H,2-4H2,1H3/t5-/m0/s1. The molecule has 1 N–H and O–H groups in total. The normalized spacial score (nSPS) is 14.1. The Hall–Kier alpha value is 0.250. The molecule has 0 unspecified atom stereocenters. The molecule has 2 heteroatoms. The second-order valence-electron chi connectivity index (χ2n) is 1.57. The molecule has 0 heterocycles. The second kappa shape index (κ2) is 4.41. The molecule has 0 aliphatic rings. The fraction of sp³-hybridized carbons (Fsp3) is 1.00. The van der Waals surface area contributed by atoms with Gasteiger partial charge in [0.25, 0.3) is 0 Å². The summed E-state index contributed by atoms with van der Waals surface area (Å²) in [6, 6.07) is 0. The van der Waals surface area contributed by atoms with Crippen molar-refractivity contribution in [3.05, 3.63) is 0 Å². The van der Waals surface area contributed by atoms with Crippen LogP contribution in [0.25, 0.3) is 0 Å². The molecule has 0 amide bonds. The minimum absolute atomic E-state index is 0.0231. The topological polar surface area (TPSA) is 20.2 Å². The maximum absolute atomic E-state index is 8.33. The van der Waals surface area contributed by atoms with Gasteiger partial charge < -0.3 is 5.11 Å². The second-order valence-corrected chi connectivity index (χ2v) is 2.19. The summed E-state index contributed by atoms with van der Waals surface area (Å²) >= 11 is 5.52. The average Bonchev–Trinajstić information content (AvgIpc) is 1.68. The lowest BCUT2D eigenvalue weighted by atomic mass is 10.3. The molecule has 0 aromatic carbocycles. The van der Waals surface area contributed by atoms with Gasteiger partial charge in [0.15, 0.2) is 0 Å². The Morgan fingerprint density at radius 3 is 2.43 bits per heavy atom. The van der Waals surface area contributed by atoms with Crippen molar-refractivity contribution in [2.75, 3.05) is 6.61 Å². The van der Waals surface area contributed by atoms with Gasteiger partial charge in [-0.1, -0.05) is 13.3 Å². The highest BCUT2D eigenvalue weighted by Gasteiger charge is 1.96. The molecule has 0 spiro atoms. The summed E-state index contributed by atoms with van der Waals surface area (Å²) in [5, 5.41) is 8.31. The molecule has 0 aromatic heterocycles. The van der Waals surface area contributed by atoms with Crippen LogP contribution in [0.4, 0.5) is 0 Å². The fourth-order valence-corrected chi connectivity index (χ4v) is 0.623. The number of rotatable bonds is 3. The Balaban J connectivity index is 2.83. The first-order valence-electron chi connectivity index (χ1n) is 2.56. The van der Waals surface area contributed by atoms with E-state index in [0.717, 1.165) is 12.8 Å². The van der Waals surface area contributed by atoms with Crippen molar-refractivity contribution >= 4 is 11.6 Å². The Bertz CT molecular complexity index is 39.1. The van der Waals surface area contributed by atoms with Crippen LogP contribution in [0.15, 0.2) is 0 Å². The van der Waals surface area contributed by atoms with Crippen molar-refractivity contribution in [2.45, 2.75) is 25.1 Å². The van der Waals surface area contributed by atoms with E-state index in [0.29, 0.717) is 0 Å². The molecule has 0 saturated heterocycles. The average molecular weight is 123 g/mol. The van der Waals surface area contributed by atoms with Gasteiger partial charge in [0.2, 0.25) is 0 Å². The molecular weight excluding hydrogens is 112 g/mol. The van der Waals surface area contributed by atoms with Gasteiger partial charge >= 0.3 is 0 Å². The van der Waals surface area contributed by atoms with E-state index in [9.17, 15) is 0 Å². The van der Waals surface area contributed by atoms with Gasteiger partial charge in [-0.05, 0) is 6.42 Å². The van der Waals surface area contributed by atoms with Crippen LogP contribution in [-0.2, 0) is 0 Å². The van der Waals surface area contributed by atoms with Crippen LogP contribution in [0.3, 0.4) is 0 Å². The quantitative estimate of drug-likeness (QED) is 0.561.